The number of carbonyl (C=O) groups is 1. The molecule has 0 bridgehead atoms. The van der Waals surface area contributed by atoms with E-state index in [-0.39, 0.29) is 5.41 Å². The molecule has 0 aromatic rings. The van der Waals surface area contributed by atoms with E-state index in [4.69, 9.17) is 0 Å². The zero-order valence-corrected chi connectivity index (χ0v) is 9.31. The van der Waals surface area contributed by atoms with Crippen molar-refractivity contribution in [2.24, 2.45) is 11.3 Å². The van der Waals surface area contributed by atoms with Gasteiger partial charge in [0.1, 0.15) is 0 Å². The number of hydrogen-bond donors (Lipinski definition) is 1. The summed E-state index contributed by atoms with van der Waals surface area (Å²) < 4.78 is 0. The molecule has 0 unspecified atom stereocenters. The first-order valence-corrected chi connectivity index (χ1v) is 5.91. The summed E-state index contributed by atoms with van der Waals surface area (Å²) in [6.45, 7) is 4.38. The van der Waals surface area contributed by atoms with Crippen molar-refractivity contribution < 1.29 is 4.79 Å². The normalized spacial score (nSPS) is 35.0. The number of nitrogens with one attached hydrogen (secondary N) is 1. The van der Waals surface area contributed by atoms with Gasteiger partial charge in [0.2, 0.25) is 5.91 Å². The maximum absolute atomic E-state index is 11.8. The molecule has 0 heterocycles. The molecule has 0 atom stereocenters. The van der Waals surface area contributed by atoms with Crippen molar-refractivity contribution in [3.63, 3.8) is 0 Å². The highest BCUT2D eigenvalue weighted by Crippen LogP contribution is 2.45. The molecule has 2 saturated carbocycles. The van der Waals surface area contributed by atoms with Crippen LogP contribution in [0.15, 0.2) is 0 Å². The minimum Gasteiger partial charge on any atom is -0.353 e. The molecule has 0 spiro atoms. The smallest absolute Gasteiger partial charge is 0.226 e. The van der Waals surface area contributed by atoms with Gasteiger partial charge in [0, 0.05) is 11.5 Å². The highest BCUT2D eigenvalue weighted by molar-refractivity contribution is 5.84. The van der Waals surface area contributed by atoms with Crippen molar-refractivity contribution in [1.82, 2.24) is 5.32 Å². The molecule has 0 aliphatic heterocycles. The summed E-state index contributed by atoms with van der Waals surface area (Å²) in [5, 5.41) is 3.20. The SMILES string of the molecule is CC1CCC(NC(=O)C2(C)CC2)CC1. The van der Waals surface area contributed by atoms with E-state index < -0.39 is 0 Å². The van der Waals surface area contributed by atoms with E-state index in [2.05, 4.69) is 19.2 Å². The fourth-order valence-corrected chi connectivity index (χ4v) is 2.18. The summed E-state index contributed by atoms with van der Waals surface area (Å²) in [6.07, 6.45) is 7.10. The highest BCUT2D eigenvalue weighted by atomic mass is 16.2. The largest absolute Gasteiger partial charge is 0.353 e. The van der Waals surface area contributed by atoms with Crippen LogP contribution in [0.5, 0.6) is 0 Å². The Labute approximate surface area is 86.5 Å². The van der Waals surface area contributed by atoms with Gasteiger partial charge >= 0.3 is 0 Å². The van der Waals surface area contributed by atoms with Gasteiger partial charge < -0.3 is 5.32 Å². The lowest BCUT2D eigenvalue weighted by Crippen LogP contribution is -2.40. The average molecular weight is 195 g/mol. The van der Waals surface area contributed by atoms with Crippen molar-refractivity contribution in [3.05, 3.63) is 0 Å². The second-order valence-electron chi connectivity index (χ2n) is 5.49. The molecule has 2 nitrogen and oxygen atoms in total. The summed E-state index contributed by atoms with van der Waals surface area (Å²) in [4.78, 5) is 11.8. The lowest BCUT2D eigenvalue weighted by Gasteiger charge is -2.27. The molecular weight excluding hydrogens is 174 g/mol. The molecule has 2 heteroatoms. The van der Waals surface area contributed by atoms with Crippen molar-refractivity contribution in [2.45, 2.75) is 58.4 Å². The molecule has 1 N–H and O–H groups in total. The Morgan fingerprint density at radius 3 is 2.29 bits per heavy atom. The zero-order valence-electron chi connectivity index (χ0n) is 9.31. The summed E-state index contributed by atoms with van der Waals surface area (Å²) in [5.74, 6) is 1.16. The van der Waals surface area contributed by atoms with Gasteiger partial charge in [-0.1, -0.05) is 13.8 Å². The van der Waals surface area contributed by atoms with Crippen LogP contribution in [0.2, 0.25) is 0 Å². The Bertz CT molecular complexity index is 224. The number of rotatable bonds is 2. The van der Waals surface area contributed by atoms with Crippen LogP contribution in [-0.4, -0.2) is 11.9 Å². The fraction of sp³-hybridized carbons (Fsp3) is 0.917. The fourth-order valence-electron chi connectivity index (χ4n) is 2.18. The van der Waals surface area contributed by atoms with E-state index >= 15 is 0 Å². The summed E-state index contributed by atoms with van der Waals surface area (Å²) in [6, 6.07) is 0.469. The van der Waals surface area contributed by atoms with Crippen LogP contribution in [0.4, 0.5) is 0 Å². The predicted molar refractivity (Wildman–Crippen MR) is 56.9 cm³/mol. The third-order valence-corrected chi connectivity index (χ3v) is 3.90. The van der Waals surface area contributed by atoms with E-state index in [9.17, 15) is 4.79 Å². The Morgan fingerprint density at radius 2 is 1.79 bits per heavy atom. The molecule has 0 aromatic heterocycles. The van der Waals surface area contributed by atoms with Crippen LogP contribution in [0.3, 0.4) is 0 Å². The topological polar surface area (TPSA) is 29.1 Å². The maximum atomic E-state index is 11.8. The molecule has 2 aliphatic carbocycles. The predicted octanol–water partition coefficient (Wildman–Crippen LogP) is 2.48. The molecule has 1 amide bonds. The van der Waals surface area contributed by atoms with Crippen molar-refractivity contribution in [2.75, 3.05) is 0 Å². The lowest BCUT2D eigenvalue weighted by atomic mass is 9.87. The number of hydrogen-bond acceptors (Lipinski definition) is 1. The molecule has 0 aromatic carbocycles. The quantitative estimate of drug-likeness (QED) is 0.720. The van der Waals surface area contributed by atoms with Crippen molar-refractivity contribution >= 4 is 5.91 Å². The minimum atomic E-state index is 0.00304. The van der Waals surface area contributed by atoms with E-state index in [1.165, 1.54) is 25.7 Å². The third kappa shape index (κ3) is 2.10. The molecule has 0 radical (unpaired) electrons. The van der Waals surface area contributed by atoms with Crippen LogP contribution in [-0.2, 0) is 4.79 Å². The van der Waals surface area contributed by atoms with Gasteiger partial charge in [-0.05, 0) is 44.4 Å². The molecular formula is C12H21NO. The first kappa shape index (κ1) is 10.0. The van der Waals surface area contributed by atoms with E-state index in [1.807, 2.05) is 0 Å². The minimum absolute atomic E-state index is 0.00304. The van der Waals surface area contributed by atoms with E-state index in [0.29, 0.717) is 11.9 Å². The maximum Gasteiger partial charge on any atom is 0.226 e. The van der Waals surface area contributed by atoms with Crippen LogP contribution in [0.25, 0.3) is 0 Å². The second kappa shape index (κ2) is 3.56. The molecule has 0 saturated heterocycles. The molecule has 2 fully saturated rings. The van der Waals surface area contributed by atoms with Gasteiger partial charge in [0.25, 0.3) is 0 Å². The second-order valence-corrected chi connectivity index (χ2v) is 5.49. The Morgan fingerprint density at radius 1 is 1.21 bits per heavy atom. The molecule has 14 heavy (non-hydrogen) atoms. The molecule has 2 rings (SSSR count). The molecule has 2 aliphatic rings. The van der Waals surface area contributed by atoms with E-state index in [0.717, 1.165) is 18.8 Å². The van der Waals surface area contributed by atoms with Crippen molar-refractivity contribution in [3.8, 4) is 0 Å². The Hall–Kier alpha value is -0.530. The summed E-state index contributed by atoms with van der Waals surface area (Å²) >= 11 is 0. The van der Waals surface area contributed by atoms with Crippen LogP contribution < -0.4 is 5.32 Å². The van der Waals surface area contributed by atoms with Gasteiger partial charge in [-0.3, -0.25) is 4.79 Å². The van der Waals surface area contributed by atoms with Gasteiger partial charge in [0.05, 0.1) is 0 Å². The first-order valence-electron chi connectivity index (χ1n) is 5.91. The summed E-state index contributed by atoms with van der Waals surface area (Å²) in [5.41, 5.74) is 0.00304. The lowest BCUT2D eigenvalue weighted by molar-refractivity contribution is -0.126. The average Bonchev–Trinajstić information content (AvgIpc) is 2.89. The van der Waals surface area contributed by atoms with Crippen molar-refractivity contribution in [1.29, 1.82) is 0 Å². The number of carbonyl (C=O) groups excluding carboxylic acids is 1. The summed E-state index contributed by atoms with van der Waals surface area (Å²) in [7, 11) is 0. The van der Waals surface area contributed by atoms with Gasteiger partial charge in [-0.2, -0.15) is 0 Å². The monoisotopic (exact) mass is 195 g/mol. The van der Waals surface area contributed by atoms with Gasteiger partial charge in [-0.25, -0.2) is 0 Å². The Kier molecular flexibility index (Phi) is 2.54. The Balaban J connectivity index is 1.78. The van der Waals surface area contributed by atoms with Crippen LogP contribution >= 0.6 is 0 Å². The highest BCUT2D eigenvalue weighted by Gasteiger charge is 2.45. The number of amides is 1. The van der Waals surface area contributed by atoms with Crippen LogP contribution in [0.1, 0.15) is 52.4 Å². The van der Waals surface area contributed by atoms with Gasteiger partial charge in [-0.15, -0.1) is 0 Å². The first-order chi connectivity index (χ1) is 6.60. The zero-order chi connectivity index (χ0) is 10.2. The molecule has 80 valence electrons. The van der Waals surface area contributed by atoms with E-state index in [1.54, 1.807) is 0 Å². The standard InChI is InChI=1S/C12H21NO/c1-9-3-5-10(6-4-9)13-11(14)12(2)7-8-12/h9-10H,3-8H2,1-2H3,(H,13,14). The van der Waals surface area contributed by atoms with Crippen LogP contribution in [0, 0.1) is 11.3 Å². The van der Waals surface area contributed by atoms with Gasteiger partial charge in [0.15, 0.2) is 0 Å². The third-order valence-electron chi connectivity index (χ3n) is 3.90.